The van der Waals surface area contributed by atoms with Crippen molar-refractivity contribution in [2.75, 3.05) is 0 Å². The largest absolute Gasteiger partial charge is 0.517 e. The van der Waals surface area contributed by atoms with Gasteiger partial charge in [-0.15, -0.1) is 0 Å². The van der Waals surface area contributed by atoms with Crippen LogP contribution in [0.5, 0.6) is 0 Å². The number of nitrogens with zero attached hydrogens (tertiary/aromatic N) is 3. The van der Waals surface area contributed by atoms with Gasteiger partial charge in [0.2, 0.25) is 0 Å². The first kappa shape index (κ1) is 15.3. The number of rotatable bonds is 4. The summed E-state index contributed by atoms with van der Waals surface area (Å²) < 4.78 is 2.06. The van der Waals surface area contributed by atoms with E-state index in [2.05, 4.69) is 9.65 Å². The fourth-order valence-electron chi connectivity index (χ4n) is 2.96. The molecule has 0 aliphatic heterocycles. The summed E-state index contributed by atoms with van der Waals surface area (Å²) in [5.74, 6) is 0.743. The first-order valence-corrected chi connectivity index (χ1v) is 7.92. The summed E-state index contributed by atoms with van der Waals surface area (Å²) in [5, 5.41) is 12.4. The fraction of sp³-hybridized carbons (Fsp3) is 0. The van der Waals surface area contributed by atoms with Crippen LogP contribution in [0.15, 0.2) is 84.0 Å². The molecule has 0 bridgehead atoms. The van der Waals surface area contributed by atoms with E-state index in [0.29, 0.717) is 5.46 Å². The number of aromatic nitrogens is 2. The van der Waals surface area contributed by atoms with Gasteiger partial charge in [-0.1, -0.05) is 59.7 Å². The van der Waals surface area contributed by atoms with E-state index in [4.69, 9.17) is 4.98 Å². The molecule has 0 unspecified atom stereocenters. The first-order valence-electron chi connectivity index (χ1n) is 7.92. The van der Waals surface area contributed by atoms with Crippen molar-refractivity contribution in [3.63, 3.8) is 0 Å². The summed E-state index contributed by atoms with van der Waals surface area (Å²) in [6, 6.07) is 25.0. The van der Waals surface area contributed by atoms with Gasteiger partial charge in [-0.3, -0.25) is 4.57 Å². The lowest BCUT2D eigenvalue weighted by Gasteiger charge is -2.10. The molecule has 0 saturated carbocycles. The van der Waals surface area contributed by atoms with Crippen LogP contribution in [0, 0.1) is 4.91 Å². The maximum Gasteiger partial charge on any atom is 0.517 e. The fourth-order valence-corrected chi connectivity index (χ4v) is 2.96. The molecule has 4 aromatic rings. The average molecular weight is 327 g/mol. The lowest BCUT2D eigenvalue weighted by Crippen LogP contribution is -2.27. The van der Waals surface area contributed by atoms with E-state index in [0.717, 1.165) is 28.1 Å². The van der Waals surface area contributed by atoms with Crippen molar-refractivity contribution < 1.29 is 5.02 Å². The molecule has 0 atom stereocenters. The normalized spacial score (nSPS) is 10.8. The van der Waals surface area contributed by atoms with Gasteiger partial charge in [-0.05, 0) is 29.7 Å². The van der Waals surface area contributed by atoms with Crippen LogP contribution in [0.2, 0.25) is 0 Å². The van der Waals surface area contributed by atoms with Crippen LogP contribution >= 0.6 is 0 Å². The quantitative estimate of drug-likeness (QED) is 0.462. The molecule has 0 spiro atoms. The number of imidazole rings is 1. The molecule has 0 fully saturated rings. The molecular formula is C19H14BN3O2. The summed E-state index contributed by atoms with van der Waals surface area (Å²) in [6.45, 7) is 0. The van der Waals surface area contributed by atoms with Gasteiger partial charge < -0.3 is 5.02 Å². The molecule has 0 radical (unpaired) electrons. The monoisotopic (exact) mass is 327 g/mol. The Kier molecular flexibility index (Phi) is 3.88. The van der Waals surface area contributed by atoms with E-state index in [9.17, 15) is 9.93 Å². The van der Waals surface area contributed by atoms with Gasteiger partial charge in [0.15, 0.2) is 0 Å². The third-order valence-corrected chi connectivity index (χ3v) is 4.12. The molecule has 1 N–H and O–H groups in total. The van der Waals surface area contributed by atoms with Gasteiger partial charge in [0.25, 0.3) is 0 Å². The second kappa shape index (κ2) is 6.34. The van der Waals surface area contributed by atoms with Crippen molar-refractivity contribution in [3.05, 3.63) is 83.8 Å². The highest BCUT2D eigenvalue weighted by atomic mass is 16.3. The standard InChI is InChI=1S/C19H14BN3O2/c24-20(22-25)15-8-6-7-14(13-15)19-21-17-11-4-5-12-18(17)23(19)16-9-2-1-3-10-16/h1-13,24H. The number of nitroso groups, excluding NO2 is 1. The Balaban J connectivity index is 1.98. The van der Waals surface area contributed by atoms with E-state index in [1.165, 1.54) is 0 Å². The summed E-state index contributed by atoms with van der Waals surface area (Å²) in [5.41, 5.74) is 4.11. The van der Waals surface area contributed by atoms with Crippen LogP contribution in [0.3, 0.4) is 0 Å². The predicted molar refractivity (Wildman–Crippen MR) is 99.9 cm³/mol. The summed E-state index contributed by atoms with van der Waals surface area (Å²) >= 11 is 0. The van der Waals surface area contributed by atoms with Crippen molar-refractivity contribution in [3.8, 4) is 17.1 Å². The Morgan fingerprint density at radius 2 is 1.68 bits per heavy atom. The third kappa shape index (κ3) is 2.73. The molecule has 0 aliphatic rings. The molecular weight excluding hydrogens is 313 g/mol. The van der Waals surface area contributed by atoms with Crippen molar-refractivity contribution in [1.29, 1.82) is 0 Å². The molecule has 6 heteroatoms. The van der Waals surface area contributed by atoms with Gasteiger partial charge in [0.05, 0.1) is 11.0 Å². The maximum atomic E-state index is 10.7. The summed E-state index contributed by atoms with van der Waals surface area (Å²) in [4.78, 5) is 15.4. The molecule has 0 saturated heterocycles. The minimum atomic E-state index is -1.38. The number of hydrogen-bond acceptors (Lipinski definition) is 4. The summed E-state index contributed by atoms with van der Waals surface area (Å²) in [7, 11) is -1.38. The highest BCUT2D eigenvalue weighted by Crippen LogP contribution is 2.28. The van der Waals surface area contributed by atoms with Crippen LogP contribution in [-0.2, 0) is 0 Å². The molecule has 5 nitrogen and oxygen atoms in total. The molecule has 120 valence electrons. The lowest BCUT2D eigenvalue weighted by molar-refractivity contribution is 0.587. The van der Waals surface area contributed by atoms with Gasteiger partial charge in [0.1, 0.15) is 5.82 Å². The number of hydrogen-bond donors (Lipinski definition) is 1. The minimum Gasteiger partial charge on any atom is -0.425 e. The average Bonchev–Trinajstić information content (AvgIpc) is 3.07. The SMILES string of the molecule is O=NB(O)c1cccc(-c2nc3ccccc3n2-c2ccccc2)c1. The Morgan fingerprint density at radius 3 is 2.48 bits per heavy atom. The van der Waals surface area contributed by atoms with Gasteiger partial charge in [-0.25, -0.2) is 4.98 Å². The van der Waals surface area contributed by atoms with E-state index < -0.39 is 7.05 Å². The van der Waals surface area contributed by atoms with Crippen molar-refractivity contribution in [1.82, 2.24) is 9.55 Å². The van der Waals surface area contributed by atoms with E-state index >= 15 is 0 Å². The highest BCUT2D eigenvalue weighted by molar-refractivity contribution is 6.64. The highest BCUT2D eigenvalue weighted by Gasteiger charge is 2.19. The third-order valence-electron chi connectivity index (χ3n) is 4.12. The number of para-hydroxylation sites is 3. The van der Waals surface area contributed by atoms with Gasteiger partial charge in [-0.2, -0.15) is 4.91 Å². The van der Waals surface area contributed by atoms with Crippen LogP contribution in [0.1, 0.15) is 0 Å². The molecule has 0 aliphatic carbocycles. The van der Waals surface area contributed by atoms with E-state index in [-0.39, 0.29) is 0 Å². The Labute approximate surface area is 144 Å². The molecule has 0 amide bonds. The summed E-state index contributed by atoms with van der Waals surface area (Å²) in [6.07, 6.45) is 0. The predicted octanol–water partition coefficient (Wildman–Crippen LogP) is 3.15. The molecule has 1 aromatic heterocycles. The topological polar surface area (TPSA) is 67.5 Å². The molecule has 1 heterocycles. The van der Waals surface area contributed by atoms with Crippen molar-refractivity contribution in [2.45, 2.75) is 0 Å². The molecule has 4 rings (SSSR count). The van der Waals surface area contributed by atoms with E-state index in [1.54, 1.807) is 18.2 Å². The Bertz CT molecular complexity index is 1050. The van der Waals surface area contributed by atoms with Crippen molar-refractivity contribution >= 4 is 23.5 Å². The van der Waals surface area contributed by atoms with Crippen LogP contribution in [0.4, 0.5) is 0 Å². The smallest absolute Gasteiger partial charge is 0.425 e. The second-order valence-corrected chi connectivity index (χ2v) is 5.70. The van der Waals surface area contributed by atoms with Crippen LogP contribution in [-0.4, -0.2) is 21.6 Å². The zero-order valence-corrected chi connectivity index (χ0v) is 13.3. The van der Waals surface area contributed by atoms with Gasteiger partial charge in [0, 0.05) is 11.3 Å². The number of fused-ring (bicyclic) bond motifs is 1. The molecule has 25 heavy (non-hydrogen) atoms. The van der Waals surface area contributed by atoms with Crippen molar-refractivity contribution in [2.24, 2.45) is 5.09 Å². The number of benzene rings is 3. The molecule has 3 aromatic carbocycles. The lowest BCUT2D eigenvalue weighted by atomic mass is 9.75. The van der Waals surface area contributed by atoms with Gasteiger partial charge >= 0.3 is 7.05 Å². The van der Waals surface area contributed by atoms with E-state index in [1.807, 2.05) is 60.7 Å². The first-order chi connectivity index (χ1) is 12.3. The Morgan fingerprint density at radius 1 is 0.920 bits per heavy atom. The Hall–Kier alpha value is -3.25. The van der Waals surface area contributed by atoms with Crippen LogP contribution < -0.4 is 5.46 Å². The van der Waals surface area contributed by atoms with Crippen LogP contribution in [0.25, 0.3) is 28.1 Å². The zero-order chi connectivity index (χ0) is 17.2. The minimum absolute atomic E-state index is 0.444. The zero-order valence-electron chi connectivity index (χ0n) is 13.3. The second-order valence-electron chi connectivity index (χ2n) is 5.70. The maximum absolute atomic E-state index is 10.7.